The molecule has 0 spiro atoms. The third kappa shape index (κ3) is 8.10. The summed E-state index contributed by atoms with van der Waals surface area (Å²) in [4.78, 5) is 29.7. The monoisotopic (exact) mass is 502 g/mol. The average molecular weight is 503 g/mol. The quantitative estimate of drug-likeness (QED) is 0.502. The second-order valence-electron chi connectivity index (χ2n) is 11.2. The van der Waals surface area contributed by atoms with E-state index in [1.165, 1.54) is 32.1 Å². The van der Waals surface area contributed by atoms with E-state index in [1.807, 2.05) is 39.0 Å². The third-order valence-corrected chi connectivity index (χ3v) is 7.38. The SMILES string of the molecule is CC(C)NC(=O)Nc1ccc2c(c1)CC(=O)N([C@@H](C)CO)C[C@H](C)[C@H](CN(C)CC1CCCCC1)O2. The highest BCUT2D eigenvalue weighted by Crippen LogP contribution is 2.30. The number of hydrogen-bond donors (Lipinski definition) is 3. The number of aliphatic hydroxyl groups excluding tert-OH is 1. The second kappa shape index (κ2) is 13.3. The van der Waals surface area contributed by atoms with Crippen LogP contribution in [0.1, 0.15) is 65.4 Å². The van der Waals surface area contributed by atoms with Gasteiger partial charge in [0.15, 0.2) is 0 Å². The van der Waals surface area contributed by atoms with E-state index in [9.17, 15) is 14.7 Å². The van der Waals surface area contributed by atoms with E-state index in [4.69, 9.17) is 4.74 Å². The number of carbonyl (C=O) groups excluding carboxylic acids is 2. The van der Waals surface area contributed by atoms with E-state index in [0.29, 0.717) is 18.0 Å². The topological polar surface area (TPSA) is 94.1 Å². The third-order valence-electron chi connectivity index (χ3n) is 7.38. The number of hydrogen-bond acceptors (Lipinski definition) is 5. The highest BCUT2D eigenvalue weighted by molar-refractivity contribution is 5.90. The van der Waals surface area contributed by atoms with Crippen molar-refractivity contribution in [2.45, 2.75) is 84.4 Å². The van der Waals surface area contributed by atoms with Crippen molar-refractivity contribution in [1.29, 1.82) is 0 Å². The molecule has 0 aromatic heterocycles. The molecule has 1 aliphatic heterocycles. The molecule has 2 aliphatic rings. The van der Waals surface area contributed by atoms with Gasteiger partial charge in [-0.05, 0) is 64.8 Å². The molecule has 1 aromatic rings. The first-order valence-electron chi connectivity index (χ1n) is 13.6. The van der Waals surface area contributed by atoms with Crippen LogP contribution in [-0.2, 0) is 11.2 Å². The van der Waals surface area contributed by atoms with Gasteiger partial charge in [0, 0.05) is 42.8 Å². The molecule has 8 heteroatoms. The van der Waals surface area contributed by atoms with Crippen molar-refractivity contribution in [2.75, 3.05) is 38.6 Å². The standard InChI is InChI=1S/C28H46N4O4/c1-19(2)29-28(35)30-24-11-12-25-23(13-24)14-27(34)32(21(4)18-33)15-20(3)26(36-25)17-31(5)16-22-9-7-6-8-10-22/h11-13,19-22,26,33H,6-10,14-18H2,1-5H3,(H2,29,30,35)/t20-,21-,26-/m0/s1. The maximum absolute atomic E-state index is 13.3. The van der Waals surface area contributed by atoms with Crippen molar-refractivity contribution in [3.8, 4) is 5.75 Å². The van der Waals surface area contributed by atoms with Crippen LogP contribution in [-0.4, -0.2) is 78.3 Å². The maximum Gasteiger partial charge on any atom is 0.319 e. The Morgan fingerprint density at radius 2 is 1.92 bits per heavy atom. The molecule has 36 heavy (non-hydrogen) atoms. The van der Waals surface area contributed by atoms with Gasteiger partial charge < -0.3 is 30.3 Å². The Hall–Kier alpha value is -2.32. The summed E-state index contributed by atoms with van der Waals surface area (Å²) in [5, 5.41) is 15.5. The first-order valence-corrected chi connectivity index (χ1v) is 13.6. The zero-order valence-corrected chi connectivity index (χ0v) is 22.8. The van der Waals surface area contributed by atoms with Gasteiger partial charge in [0.2, 0.25) is 5.91 Å². The number of aliphatic hydroxyl groups is 1. The molecule has 3 atom stereocenters. The summed E-state index contributed by atoms with van der Waals surface area (Å²) >= 11 is 0. The minimum atomic E-state index is -0.286. The van der Waals surface area contributed by atoms with Crippen LogP contribution < -0.4 is 15.4 Å². The molecule has 1 aromatic carbocycles. The molecule has 1 heterocycles. The summed E-state index contributed by atoms with van der Waals surface area (Å²) in [7, 11) is 2.16. The predicted octanol–water partition coefficient (Wildman–Crippen LogP) is 3.88. The van der Waals surface area contributed by atoms with Gasteiger partial charge in [0.25, 0.3) is 0 Å². The van der Waals surface area contributed by atoms with Crippen molar-refractivity contribution in [3.05, 3.63) is 23.8 Å². The zero-order chi connectivity index (χ0) is 26.2. The number of benzene rings is 1. The Labute approximate surface area is 216 Å². The molecule has 0 unspecified atom stereocenters. The Morgan fingerprint density at radius 1 is 1.19 bits per heavy atom. The van der Waals surface area contributed by atoms with Crippen LogP contribution in [0.2, 0.25) is 0 Å². The zero-order valence-electron chi connectivity index (χ0n) is 22.8. The van der Waals surface area contributed by atoms with E-state index in [0.717, 1.165) is 24.6 Å². The molecule has 1 saturated carbocycles. The van der Waals surface area contributed by atoms with Crippen LogP contribution in [0, 0.1) is 11.8 Å². The molecule has 3 rings (SSSR count). The summed E-state index contributed by atoms with van der Waals surface area (Å²) < 4.78 is 6.61. The fraction of sp³-hybridized carbons (Fsp3) is 0.714. The number of anilines is 1. The smallest absolute Gasteiger partial charge is 0.319 e. The Kier molecular flexibility index (Phi) is 10.4. The number of amides is 3. The molecular formula is C28H46N4O4. The number of rotatable bonds is 8. The summed E-state index contributed by atoms with van der Waals surface area (Å²) in [5.74, 6) is 1.45. The van der Waals surface area contributed by atoms with Gasteiger partial charge in [0.1, 0.15) is 11.9 Å². The number of ether oxygens (including phenoxy) is 1. The van der Waals surface area contributed by atoms with E-state index in [-0.39, 0.29) is 49.1 Å². The molecule has 0 saturated heterocycles. The first-order chi connectivity index (χ1) is 17.2. The molecule has 8 nitrogen and oxygen atoms in total. The minimum Gasteiger partial charge on any atom is -0.488 e. The number of likely N-dealkylation sites (N-methyl/N-ethyl adjacent to an activating group) is 1. The molecule has 0 radical (unpaired) electrons. The lowest BCUT2D eigenvalue weighted by atomic mass is 9.89. The number of nitrogens with one attached hydrogen (secondary N) is 2. The van der Waals surface area contributed by atoms with Gasteiger partial charge in [-0.25, -0.2) is 4.79 Å². The number of nitrogens with zero attached hydrogens (tertiary/aromatic N) is 2. The lowest BCUT2D eigenvalue weighted by Crippen LogP contribution is -2.48. The van der Waals surface area contributed by atoms with Crippen LogP contribution in [0.5, 0.6) is 5.75 Å². The van der Waals surface area contributed by atoms with E-state index < -0.39 is 0 Å². The normalized spacial score (nSPS) is 22.3. The highest BCUT2D eigenvalue weighted by atomic mass is 16.5. The Balaban J connectivity index is 1.83. The van der Waals surface area contributed by atoms with Crippen LogP contribution in [0.15, 0.2) is 18.2 Å². The lowest BCUT2D eigenvalue weighted by molar-refractivity contribution is -0.134. The van der Waals surface area contributed by atoms with Crippen LogP contribution >= 0.6 is 0 Å². The summed E-state index contributed by atoms with van der Waals surface area (Å²) in [5.41, 5.74) is 1.36. The lowest BCUT2D eigenvalue weighted by Gasteiger charge is -2.35. The first kappa shape index (κ1) is 28.3. The molecule has 202 valence electrons. The maximum atomic E-state index is 13.3. The molecule has 3 amide bonds. The van der Waals surface area contributed by atoms with Crippen molar-refractivity contribution in [1.82, 2.24) is 15.1 Å². The van der Waals surface area contributed by atoms with Crippen molar-refractivity contribution >= 4 is 17.6 Å². The number of carbonyl (C=O) groups is 2. The van der Waals surface area contributed by atoms with Crippen molar-refractivity contribution in [2.24, 2.45) is 11.8 Å². The molecule has 3 N–H and O–H groups in total. The molecule has 1 aliphatic carbocycles. The van der Waals surface area contributed by atoms with Crippen LogP contribution in [0.25, 0.3) is 0 Å². The van der Waals surface area contributed by atoms with E-state index in [2.05, 4.69) is 29.5 Å². The van der Waals surface area contributed by atoms with Crippen LogP contribution in [0.3, 0.4) is 0 Å². The van der Waals surface area contributed by atoms with Gasteiger partial charge in [-0.3, -0.25) is 4.79 Å². The largest absolute Gasteiger partial charge is 0.488 e. The van der Waals surface area contributed by atoms with Crippen molar-refractivity contribution < 1.29 is 19.4 Å². The second-order valence-corrected chi connectivity index (χ2v) is 11.2. The Bertz CT molecular complexity index is 871. The van der Waals surface area contributed by atoms with Gasteiger partial charge in [-0.1, -0.05) is 26.2 Å². The fourth-order valence-corrected chi connectivity index (χ4v) is 5.35. The van der Waals surface area contributed by atoms with Gasteiger partial charge in [-0.15, -0.1) is 0 Å². The average Bonchev–Trinajstić information content (AvgIpc) is 2.86. The minimum absolute atomic E-state index is 0.0177. The molecular weight excluding hydrogens is 456 g/mol. The van der Waals surface area contributed by atoms with E-state index >= 15 is 0 Å². The highest BCUT2D eigenvalue weighted by Gasteiger charge is 2.31. The summed E-state index contributed by atoms with van der Waals surface area (Å²) in [6.45, 7) is 10.1. The number of fused-ring (bicyclic) bond motifs is 1. The molecule has 0 bridgehead atoms. The van der Waals surface area contributed by atoms with Gasteiger partial charge >= 0.3 is 6.03 Å². The van der Waals surface area contributed by atoms with Crippen LogP contribution in [0.4, 0.5) is 10.5 Å². The summed E-state index contributed by atoms with van der Waals surface area (Å²) in [6.07, 6.45) is 6.63. The Morgan fingerprint density at radius 3 is 2.58 bits per heavy atom. The summed E-state index contributed by atoms with van der Waals surface area (Å²) in [6, 6.07) is 4.96. The van der Waals surface area contributed by atoms with Gasteiger partial charge in [-0.2, -0.15) is 0 Å². The van der Waals surface area contributed by atoms with Crippen molar-refractivity contribution in [3.63, 3.8) is 0 Å². The molecule has 1 fully saturated rings. The predicted molar refractivity (Wildman–Crippen MR) is 143 cm³/mol. The number of urea groups is 1. The fourth-order valence-electron chi connectivity index (χ4n) is 5.35. The van der Waals surface area contributed by atoms with E-state index in [1.54, 1.807) is 4.90 Å². The van der Waals surface area contributed by atoms with Gasteiger partial charge in [0.05, 0.1) is 19.1 Å².